The highest BCUT2D eigenvalue weighted by atomic mass is 35.5. The van der Waals surface area contributed by atoms with Gasteiger partial charge in [-0.15, -0.1) is 11.6 Å². The van der Waals surface area contributed by atoms with Gasteiger partial charge in [0.25, 0.3) is 0 Å². The molecule has 0 aliphatic heterocycles. The second-order valence-corrected chi connectivity index (χ2v) is 3.30. The summed E-state index contributed by atoms with van der Waals surface area (Å²) in [5, 5.41) is 0. The minimum atomic E-state index is 0.577. The normalized spacial score (nSPS) is 16.8. The van der Waals surface area contributed by atoms with Crippen molar-refractivity contribution in [2.45, 2.75) is 24.6 Å². The number of pyridine rings is 1. The molecule has 0 aromatic carbocycles. The van der Waals surface area contributed by atoms with Gasteiger partial charge in [0.1, 0.15) is 0 Å². The van der Waals surface area contributed by atoms with Crippen LogP contribution in [0.2, 0.25) is 0 Å². The molecule has 2 rings (SSSR count). The fourth-order valence-corrected chi connectivity index (χ4v) is 1.37. The third kappa shape index (κ3) is 1.54. The maximum atomic E-state index is 5.68. The number of halogens is 1. The summed E-state index contributed by atoms with van der Waals surface area (Å²) >= 11 is 5.68. The van der Waals surface area contributed by atoms with E-state index < -0.39 is 0 Å². The molecule has 1 nitrogen and oxygen atoms in total. The van der Waals surface area contributed by atoms with Gasteiger partial charge in [-0.25, -0.2) is 0 Å². The zero-order valence-corrected chi connectivity index (χ0v) is 7.01. The first kappa shape index (κ1) is 7.11. The van der Waals surface area contributed by atoms with Crippen molar-refractivity contribution >= 4 is 11.6 Å². The van der Waals surface area contributed by atoms with Crippen LogP contribution in [0.3, 0.4) is 0 Å². The van der Waals surface area contributed by atoms with Crippen LogP contribution in [0.5, 0.6) is 0 Å². The van der Waals surface area contributed by atoms with Crippen LogP contribution in [-0.2, 0) is 5.88 Å². The summed E-state index contributed by atoms with van der Waals surface area (Å²) in [4.78, 5) is 4.13. The lowest BCUT2D eigenvalue weighted by Gasteiger charge is -1.98. The highest BCUT2D eigenvalue weighted by molar-refractivity contribution is 6.17. The number of nitrogens with zero attached hydrogens (tertiary/aromatic N) is 1. The number of hydrogen-bond acceptors (Lipinski definition) is 1. The predicted octanol–water partition coefficient (Wildman–Crippen LogP) is 2.70. The highest BCUT2D eigenvalue weighted by Crippen LogP contribution is 2.39. The molecule has 0 amide bonds. The summed E-state index contributed by atoms with van der Waals surface area (Å²) in [5.41, 5.74) is 2.50. The topological polar surface area (TPSA) is 12.9 Å². The van der Waals surface area contributed by atoms with Crippen molar-refractivity contribution < 1.29 is 0 Å². The highest BCUT2D eigenvalue weighted by Gasteiger charge is 2.23. The zero-order valence-electron chi connectivity index (χ0n) is 6.26. The molecule has 0 saturated heterocycles. The molecule has 1 aromatic heterocycles. The minimum Gasteiger partial charge on any atom is -0.264 e. The van der Waals surface area contributed by atoms with E-state index >= 15 is 0 Å². The third-order valence-corrected chi connectivity index (χ3v) is 2.33. The Balaban J connectivity index is 2.26. The molecule has 1 aliphatic rings. The van der Waals surface area contributed by atoms with Crippen LogP contribution in [-0.4, -0.2) is 4.98 Å². The molecule has 58 valence electrons. The number of aromatic nitrogens is 1. The summed E-state index contributed by atoms with van der Waals surface area (Å²) in [6, 6.07) is 2.16. The molecule has 0 atom stereocenters. The van der Waals surface area contributed by atoms with E-state index in [1.165, 1.54) is 18.4 Å². The Hall–Kier alpha value is -0.560. The molecule has 11 heavy (non-hydrogen) atoms. The Morgan fingerprint density at radius 3 is 2.91 bits per heavy atom. The smallest absolute Gasteiger partial charge is 0.0489 e. The fourth-order valence-electron chi connectivity index (χ4n) is 1.22. The van der Waals surface area contributed by atoms with Gasteiger partial charge in [-0.05, 0) is 29.9 Å². The van der Waals surface area contributed by atoms with E-state index in [2.05, 4.69) is 11.1 Å². The van der Waals surface area contributed by atoms with Crippen molar-refractivity contribution in [1.82, 2.24) is 4.98 Å². The van der Waals surface area contributed by atoms with E-state index in [0.29, 0.717) is 5.88 Å². The van der Waals surface area contributed by atoms with Gasteiger partial charge in [0, 0.05) is 18.3 Å². The first-order chi connectivity index (χ1) is 5.40. The lowest BCUT2D eigenvalue weighted by atomic mass is 10.1. The van der Waals surface area contributed by atoms with Gasteiger partial charge >= 0.3 is 0 Å². The number of rotatable bonds is 2. The van der Waals surface area contributed by atoms with Gasteiger partial charge in [-0.2, -0.15) is 0 Å². The van der Waals surface area contributed by atoms with Gasteiger partial charge < -0.3 is 0 Å². The van der Waals surface area contributed by atoms with Crippen molar-refractivity contribution in [3.05, 3.63) is 29.6 Å². The molecule has 0 unspecified atom stereocenters. The standard InChI is InChI=1S/C9H10ClN/c10-4-7-3-9(6-11-5-7)8-1-2-8/h3,5-6,8H,1-2,4H2. The molecular weight excluding hydrogens is 158 g/mol. The first-order valence-electron chi connectivity index (χ1n) is 3.90. The molecule has 2 heteroatoms. The minimum absolute atomic E-state index is 0.577. The first-order valence-corrected chi connectivity index (χ1v) is 4.43. The summed E-state index contributed by atoms with van der Waals surface area (Å²) in [7, 11) is 0. The molecule has 0 spiro atoms. The molecule has 1 heterocycles. The molecule has 1 aromatic rings. The fraction of sp³-hybridized carbons (Fsp3) is 0.444. The molecule has 0 radical (unpaired) electrons. The summed E-state index contributed by atoms with van der Waals surface area (Å²) in [6.07, 6.45) is 6.44. The van der Waals surface area contributed by atoms with E-state index in [1.807, 2.05) is 12.4 Å². The number of hydrogen-bond donors (Lipinski definition) is 0. The average Bonchev–Trinajstić information content (AvgIpc) is 2.87. The monoisotopic (exact) mass is 167 g/mol. The SMILES string of the molecule is ClCc1cncc(C2CC2)c1. The van der Waals surface area contributed by atoms with Crippen molar-refractivity contribution in [2.75, 3.05) is 0 Å². The molecule has 1 saturated carbocycles. The third-order valence-electron chi connectivity index (χ3n) is 2.02. The Bertz CT molecular complexity index is 255. The molecular formula is C9H10ClN. The van der Waals surface area contributed by atoms with Gasteiger partial charge in [0.15, 0.2) is 0 Å². The largest absolute Gasteiger partial charge is 0.264 e. The van der Waals surface area contributed by atoms with E-state index in [4.69, 9.17) is 11.6 Å². The molecule has 0 bridgehead atoms. The lowest BCUT2D eigenvalue weighted by Crippen LogP contribution is -1.85. The second-order valence-electron chi connectivity index (χ2n) is 3.03. The van der Waals surface area contributed by atoms with Crippen molar-refractivity contribution in [1.29, 1.82) is 0 Å². The quantitative estimate of drug-likeness (QED) is 0.618. The Morgan fingerprint density at radius 2 is 2.27 bits per heavy atom. The van der Waals surface area contributed by atoms with Crippen molar-refractivity contribution in [3.63, 3.8) is 0 Å². The van der Waals surface area contributed by atoms with E-state index in [-0.39, 0.29) is 0 Å². The average molecular weight is 168 g/mol. The Labute approximate surface area is 71.4 Å². The van der Waals surface area contributed by atoms with Crippen LogP contribution in [0.15, 0.2) is 18.5 Å². The lowest BCUT2D eigenvalue weighted by molar-refractivity contribution is 1.07. The van der Waals surface area contributed by atoms with Crippen LogP contribution in [0.25, 0.3) is 0 Å². The van der Waals surface area contributed by atoms with E-state index in [1.54, 1.807) is 0 Å². The second kappa shape index (κ2) is 2.82. The Morgan fingerprint density at radius 1 is 1.45 bits per heavy atom. The predicted molar refractivity (Wildman–Crippen MR) is 45.8 cm³/mol. The maximum absolute atomic E-state index is 5.68. The van der Waals surface area contributed by atoms with E-state index in [0.717, 1.165) is 11.5 Å². The summed E-state index contributed by atoms with van der Waals surface area (Å²) < 4.78 is 0. The van der Waals surface area contributed by atoms with Gasteiger partial charge in [-0.3, -0.25) is 4.98 Å². The van der Waals surface area contributed by atoms with Gasteiger partial charge in [0.2, 0.25) is 0 Å². The van der Waals surface area contributed by atoms with Crippen LogP contribution >= 0.6 is 11.6 Å². The molecule has 1 fully saturated rings. The molecule has 0 N–H and O–H groups in total. The molecule has 1 aliphatic carbocycles. The number of alkyl halides is 1. The summed E-state index contributed by atoms with van der Waals surface area (Å²) in [6.45, 7) is 0. The van der Waals surface area contributed by atoms with Crippen LogP contribution in [0.1, 0.15) is 29.9 Å². The van der Waals surface area contributed by atoms with Crippen molar-refractivity contribution in [2.24, 2.45) is 0 Å². The Kier molecular flexibility index (Phi) is 1.82. The van der Waals surface area contributed by atoms with Crippen LogP contribution < -0.4 is 0 Å². The maximum Gasteiger partial charge on any atom is 0.0489 e. The van der Waals surface area contributed by atoms with Crippen LogP contribution in [0, 0.1) is 0 Å². The van der Waals surface area contributed by atoms with Gasteiger partial charge in [0.05, 0.1) is 0 Å². The summed E-state index contributed by atoms with van der Waals surface area (Å²) in [5.74, 6) is 1.36. The van der Waals surface area contributed by atoms with Crippen LogP contribution in [0.4, 0.5) is 0 Å². The van der Waals surface area contributed by atoms with Gasteiger partial charge in [-0.1, -0.05) is 6.07 Å². The van der Waals surface area contributed by atoms with Crippen molar-refractivity contribution in [3.8, 4) is 0 Å². The van der Waals surface area contributed by atoms with E-state index in [9.17, 15) is 0 Å². The zero-order chi connectivity index (χ0) is 7.68.